The van der Waals surface area contributed by atoms with E-state index < -0.39 is 0 Å². The van der Waals surface area contributed by atoms with Gasteiger partial charge in [0.2, 0.25) is 0 Å². The van der Waals surface area contributed by atoms with Crippen LogP contribution < -0.4 is 11.3 Å². The van der Waals surface area contributed by atoms with Crippen LogP contribution in [0.1, 0.15) is 18.7 Å². The van der Waals surface area contributed by atoms with Gasteiger partial charge in [-0.25, -0.2) is 10.5 Å². The van der Waals surface area contributed by atoms with Crippen LogP contribution in [0, 0.1) is 0 Å². The summed E-state index contributed by atoms with van der Waals surface area (Å²) in [5.74, 6) is 6.75. The van der Waals surface area contributed by atoms with Gasteiger partial charge in [0.15, 0.2) is 0 Å². The number of hydrogen-bond donors (Lipinski definition) is 2. The Kier molecular flexibility index (Phi) is 1.50. The van der Waals surface area contributed by atoms with E-state index in [-0.39, 0.29) is 0 Å². The van der Waals surface area contributed by atoms with Crippen molar-refractivity contribution in [1.82, 2.24) is 14.8 Å². The molecule has 11 heavy (non-hydrogen) atoms. The van der Waals surface area contributed by atoms with E-state index in [4.69, 9.17) is 5.84 Å². The van der Waals surface area contributed by atoms with Crippen LogP contribution in [0.3, 0.4) is 0 Å². The lowest BCUT2D eigenvalue weighted by Gasteiger charge is -2.09. The van der Waals surface area contributed by atoms with Crippen LogP contribution in [0.25, 0.3) is 0 Å². The van der Waals surface area contributed by atoms with Gasteiger partial charge in [-0.1, -0.05) is 0 Å². The number of nitrogens with one attached hydrogen (secondary N) is 1. The van der Waals surface area contributed by atoms with Crippen molar-refractivity contribution in [1.29, 1.82) is 0 Å². The summed E-state index contributed by atoms with van der Waals surface area (Å²) in [6, 6.07) is 0. The smallest absolute Gasteiger partial charge is 0.256 e. The zero-order chi connectivity index (χ0) is 7.68. The Hall–Kier alpha value is -1.10. The van der Waals surface area contributed by atoms with Crippen LogP contribution >= 0.6 is 0 Å². The Morgan fingerprint density at radius 1 is 1.45 bits per heavy atom. The van der Waals surface area contributed by atoms with E-state index in [1.807, 2.05) is 4.68 Å². The third kappa shape index (κ3) is 1.07. The van der Waals surface area contributed by atoms with Gasteiger partial charge in [-0.15, -0.1) is 5.10 Å². The molecule has 3 N–H and O–H groups in total. The highest BCUT2D eigenvalue weighted by Crippen LogP contribution is 2.12. The Morgan fingerprint density at radius 2 is 2.36 bits per heavy atom. The van der Waals surface area contributed by atoms with Gasteiger partial charge in [0, 0.05) is 13.0 Å². The number of aromatic nitrogens is 3. The molecule has 0 unspecified atom stereocenters. The van der Waals surface area contributed by atoms with Crippen molar-refractivity contribution >= 4 is 5.95 Å². The SMILES string of the molecule is NNc1nc2n(n1)CCCC2. The first kappa shape index (κ1) is 6.60. The molecule has 1 aliphatic rings. The van der Waals surface area contributed by atoms with E-state index in [2.05, 4.69) is 15.5 Å². The molecule has 0 saturated heterocycles. The molecule has 0 aliphatic carbocycles. The van der Waals surface area contributed by atoms with E-state index in [9.17, 15) is 0 Å². The largest absolute Gasteiger partial charge is 0.291 e. The Bertz CT molecular complexity index is 230. The quantitative estimate of drug-likeness (QED) is 0.436. The van der Waals surface area contributed by atoms with E-state index in [1.54, 1.807) is 0 Å². The summed E-state index contributed by atoms with van der Waals surface area (Å²) < 4.78 is 1.92. The molecule has 0 bridgehead atoms. The number of fused-ring (bicyclic) bond motifs is 1. The van der Waals surface area contributed by atoms with Crippen molar-refractivity contribution in [2.24, 2.45) is 5.84 Å². The minimum Gasteiger partial charge on any atom is -0.291 e. The predicted octanol–water partition coefficient (Wildman–Crippen LogP) is -0.100. The molecular weight excluding hydrogens is 142 g/mol. The number of nitrogens with two attached hydrogens (primary N) is 1. The summed E-state index contributed by atoms with van der Waals surface area (Å²) in [5.41, 5.74) is 2.44. The van der Waals surface area contributed by atoms with E-state index in [1.165, 1.54) is 12.8 Å². The highest BCUT2D eigenvalue weighted by atomic mass is 15.4. The minimum absolute atomic E-state index is 0.530. The number of rotatable bonds is 1. The van der Waals surface area contributed by atoms with Crippen LogP contribution in [0.15, 0.2) is 0 Å². The lowest BCUT2D eigenvalue weighted by atomic mass is 10.2. The molecule has 0 atom stereocenters. The molecule has 5 nitrogen and oxygen atoms in total. The first-order chi connectivity index (χ1) is 5.40. The molecule has 5 heteroatoms. The number of hydrazine groups is 1. The molecule has 1 aromatic rings. The normalized spacial score (nSPS) is 16.1. The first-order valence-electron chi connectivity index (χ1n) is 3.80. The highest BCUT2D eigenvalue weighted by Gasteiger charge is 2.12. The number of nitrogen functional groups attached to an aromatic ring is 1. The lowest BCUT2D eigenvalue weighted by Crippen LogP contribution is -2.11. The zero-order valence-corrected chi connectivity index (χ0v) is 6.25. The highest BCUT2D eigenvalue weighted by molar-refractivity contribution is 5.20. The molecular formula is C6H11N5. The van der Waals surface area contributed by atoms with Gasteiger partial charge in [-0.2, -0.15) is 4.98 Å². The van der Waals surface area contributed by atoms with Gasteiger partial charge in [-0.3, -0.25) is 5.43 Å². The summed E-state index contributed by atoms with van der Waals surface area (Å²) in [6.07, 6.45) is 3.43. The van der Waals surface area contributed by atoms with Gasteiger partial charge in [0.25, 0.3) is 5.95 Å². The van der Waals surface area contributed by atoms with Crippen molar-refractivity contribution in [2.45, 2.75) is 25.8 Å². The minimum atomic E-state index is 0.530. The number of hydrogen-bond acceptors (Lipinski definition) is 4. The average molecular weight is 153 g/mol. The van der Waals surface area contributed by atoms with Gasteiger partial charge < -0.3 is 0 Å². The summed E-state index contributed by atoms with van der Waals surface area (Å²) in [7, 11) is 0. The molecule has 0 saturated carbocycles. The van der Waals surface area contributed by atoms with Gasteiger partial charge in [-0.05, 0) is 12.8 Å². The fourth-order valence-electron chi connectivity index (χ4n) is 1.34. The number of nitrogens with zero attached hydrogens (tertiary/aromatic N) is 3. The van der Waals surface area contributed by atoms with Crippen LogP contribution in [-0.4, -0.2) is 14.8 Å². The van der Waals surface area contributed by atoms with Crippen molar-refractivity contribution < 1.29 is 0 Å². The van der Waals surface area contributed by atoms with Crippen LogP contribution in [-0.2, 0) is 13.0 Å². The summed E-state index contributed by atoms with van der Waals surface area (Å²) in [6.45, 7) is 0.976. The number of aryl methyl sites for hydroxylation is 2. The average Bonchev–Trinajstić information content (AvgIpc) is 2.46. The monoisotopic (exact) mass is 153 g/mol. The van der Waals surface area contributed by atoms with E-state index in [0.717, 1.165) is 18.8 Å². The fraction of sp³-hybridized carbons (Fsp3) is 0.667. The Balaban J connectivity index is 2.32. The first-order valence-corrected chi connectivity index (χ1v) is 3.80. The number of anilines is 1. The molecule has 0 fully saturated rings. The Morgan fingerprint density at radius 3 is 3.09 bits per heavy atom. The molecule has 0 spiro atoms. The van der Waals surface area contributed by atoms with E-state index in [0.29, 0.717) is 5.95 Å². The fourth-order valence-corrected chi connectivity index (χ4v) is 1.34. The second-order valence-electron chi connectivity index (χ2n) is 2.68. The van der Waals surface area contributed by atoms with Crippen molar-refractivity contribution in [3.63, 3.8) is 0 Å². The molecule has 60 valence electrons. The second-order valence-corrected chi connectivity index (χ2v) is 2.68. The summed E-state index contributed by atoms with van der Waals surface area (Å²) >= 11 is 0. The molecule has 2 heterocycles. The third-order valence-corrected chi connectivity index (χ3v) is 1.90. The van der Waals surface area contributed by atoms with E-state index >= 15 is 0 Å². The molecule has 0 radical (unpaired) electrons. The van der Waals surface area contributed by atoms with Crippen LogP contribution in [0.2, 0.25) is 0 Å². The summed E-state index contributed by atoms with van der Waals surface area (Å²) in [5, 5.41) is 4.14. The van der Waals surface area contributed by atoms with Crippen LogP contribution in [0.4, 0.5) is 5.95 Å². The van der Waals surface area contributed by atoms with Crippen molar-refractivity contribution in [2.75, 3.05) is 5.43 Å². The topological polar surface area (TPSA) is 68.8 Å². The van der Waals surface area contributed by atoms with Crippen molar-refractivity contribution in [3.05, 3.63) is 5.82 Å². The maximum atomic E-state index is 5.17. The molecule has 1 aliphatic heterocycles. The summed E-state index contributed by atoms with van der Waals surface area (Å²) in [4.78, 5) is 4.19. The molecule has 0 amide bonds. The second kappa shape index (κ2) is 2.50. The van der Waals surface area contributed by atoms with Crippen molar-refractivity contribution in [3.8, 4) is 0 Å². The van der Waals surface area contributed by atoms with Crippen LogP contribution in [0.5, 0.6) is 0 Å². The lowest BCUT2D eigenvalue weighted by molar-refractivity contribution is 0.480. The zero-order valence-electron chi connectivity index (χ0n) is 6.25. The maximum absolute atomic E-state index is 5.17. The Labute approximate surface area is 64.6 Å². The molecule has 2 rings (SSSR count). The molecule has 0 aromatic carbocycles. The van der Waals surface area contributed by atoms with Gasteiger partial charge in [0.05, 0.1) is 0 Å². The predicted molar refractivity (Wildman–Crippen MR) is 40.8 cm³/mol. The standard InChI is InChI=1S/C6H11N5/c7-9-6-8-5-3-1-2-4-11(5)10-6/h1-4,7H2,(H,9,10). The van der Waals surface area contributed by atoms with Gasteiger partial charge in [0.1, 0.15) is 5.82 Å². The third-order valence-electron chi connectivity index (χ3n) is 1.90. The maximum Gasteiger partial charge on any atom is 0.256 e. The molecule has 1 aromatic heterocycles. The van der Waals surface area contributed by atoms with Gasteiger partial charge >= 0.3 is 0 Å².